The van der Waals surface area contributed by atoms with Gasteiger partial charge in [0.2, 0.25) is 0 Å². The molecule has 82 valence electrons. The Bertz CT molecular complexity index is 182. The highest BCUT2D eigenvalue weighted by molar-refractivity contribution is 5.79. The molecule has 0 amide bonds. The van der Waals surface area contributed by atoms with Crippen LogP contribution in [0.15, 0.2) is 12.2 Å². The van der Waals surface area contributed by atoms with E-state index in [0.29, 0.717) is 19.7 Å². The summed E-state index contributed by atoms with van der Waals surface area (Å²) in [5.74, 6) is -0.938. The predicted molar refractivity (Wildman–Crippen MR) is 52.3 cm³/mol. The Morgan fingerprint density at radius 1 is 1.57 bits per heavy atom. The molecule has 0 radical (unpaired) electrons. The number of carboxylic acid groups (broad SMARTS) is 1. The smallest absolute Gasteiger partial charge is 0.328 e. The monoisotopic (exact) mass is 203 g/mol. The van der Waals surface area contributed by atoms with Crippen molar-refractivity contribution in [2.75, 3.05) is 33.9 Å². The molecule has 0 fully saturated rings. The normalized spacial score (nSPS) is 13.3. The molecule has 2 N–H and O–H groups in total. The van der Waals surface area contributed by atoms with Crippen molar-refractivity contribution in [1.29, 1.82) is 0 Å². The Balaban J connectivity index is 3.46. The third-order valence-corrected chi connectivity index (χ3v) is 1.58. The second-order valence-corrected chi connectivity index (χ2v) is 2.71. The largest absolute Gasteiger partial charge is 0.478 e. The third-order valence-electron chi connectivity index (χ3n) is 1.58. The van der Waals surface area contributed by atoms with Gasteiger partial charge in [0.15, 0.2) is 0 Å². The van der Waals surface area contributed by atoms with E-state index < -0.39 is 5.97 Å². The zero-order chi connectivity index (χ0) is 10.8. The molecule has 0 saturated carbocycles. The van der Waals surface area contributed by atoms with Crippen molar-refractivity contribution in [1.82, 2.24) is 5.32 Å². The van der Waals surface area contributed by atoms with E-state index in [1.807, 2.05) is 0 Å². The van der Waals surface area contributed by atoms with Crippen molar-refractivity contribution in [3.05, 3.63) is 12.2 Å². The summed E-state index contributed by atoms with van der Waals surface area (Å²) in [6.07, 6.45) is 2.64. The first-order valence-electron chi connectivity index (χ1n) is 4.32. The number of rotatable bonds is 8. The standard InChI is InChI=1S/C9H17NO4/c1-13-7-8(14-2)6-10-5-3-4-9(11)12/h3-4,8,10H,5-7H2,1-2H3,(H,11,12)/b4-3+. The summed E-state index contributed by atoms with van der Waals surface area (Å²) in [4.78, 5) is 10.1. The van der Waals surface area contributed by atoms with Gasteiger partial charge in [0.05, 0.1) is 12.7 Å². The van der Waals surface area contributed by atoms with Crippen LogP contribution in [0.5, 0.6) is 0 Å². The summed E-state index contributed by atoms with van der Waals surface area (Å²) in [7, 11) is 3.22. The van der Waals surface area contributed by atoms with E-state index in [0.717, 1.165) is 6.08 Å². The lowest BCUT2D eigenvalue weighted by atomic mass is 10.3. The highest BCUT2D eigenvalue weighted by Crippen LogP contribution is 1.87. The van der Waals surface area contributed by atoms with Crippen LogP contribution in [0.3, 0.4) is 0 Å². The third kappa shape index (κ3) is 7.72. The van der Waals surface area contributed by atoms with Gasteiger partial charge >= 0.3 is 5.97 Å². The topological polar surface area (TPSA) is 67.8 Å². The number of hydrogen-bond donors (Lipinski definition) is 2. The van der Waals surface area contributed by atoms with Gasteiger partial charge in [0.1, 0.15) is 0 Å². The van der Waals surface area contributed by atoms with E-state index >= 15 is 0 Å². The number of ether oxygens (including phenoxy) is 2. The molecule has 1 unspecified atom stereocenters. The highest BCUT2D eigenvalue weighted by atomic mass is 16.5. The van der Waals surface area contributed by atoms with Gasteiger partial charge in [0, 0.05) is 33.4 Å². The van der Waals surface area contributed by atoms with E-state index in [-0.39, 0.29) is 6.10 Å². The van der Waals surface area contributed by atoms with Gasteiger partial charge in [-0.25, -0.2) is 4.79 Å². The molecule has 0 bridgehead atoms. The molecule has 0 heterocycles. The summed E-state index contributed by atoms with van der Waals surface area (Å²) in [6, 6.07) is 0. The fourth-order valence-electron chi connectivity index (χ4n) is 0.884. The zero-order valence-electron chi connectivity index (χ0n) is 8.53. The second kappa shape index (κ2) is 8.68. The molecule has 0 aliphatic heterocycles. The van der Waals surface area contributed by atoms with Crippen molar-refractivity contribution in [2.24, 2.45) is 0 Å². The van der Waals surface area contributed by atoms with Crippen molar-refractivity contribution >= 4 is 5.97 Å². The van der Waals surface area contributed by atoms with Crippen LogP contribution in [0, 0.1) is 0 Å². The summed E-state index contributed by atoms with van der Waals surface area (Å²) in [5, 5.41) is 11.3. The Labute approximate surface area is 83.7 Å². The first kappa shape index (κ1) is 13.1. The summed E-state index contributed by atoms with van der Waals surface area (Å²) >= 11 is 0. The maximum atomic E-state index is 10.1. The predicted octanol–water partition coefficient (Wildman–Crippen LogP) is -0.122. The fraction of sp³-hybridized carbons (Fsp3) is 0.667. The van der Waals surface area contributed by atoms with Gasteiger partial charge in [-0.1, -0.05) is 6.08 Å². The van der Waals surface area contributed by atoms with Crippen molar-refractivity contribution in [2.45, 2.75) is 6.10 Å². The van der Waals surface area contributed by atoms with Gasteiger partial charge in [-0.3, -0.25) is 0 Å². The molecule has 0 aromatic rings. The van der Waals surface area contributed by atoms with Gasteiger partial charge in [-0.05, 0) is 0 Å². The number of carboxylic acids is 1. The molecular weight excluding hydrogens is 186 g/mol. The van der Waals surface area contributed by atoms with Crippen molar-refractivity contribution in [3.8, 4) is 0 Å². The zero-order valence-corrected chi connectivity index (χ0v) is 8.53. The minimum Gasteiger partial charge on any atom is -0.478 e. The van der Waals surface area contributed by atoms with Gasteiger partial charge < -0.3 is 19.9 Å². The van der Waals surface area contributed by atoms with Crippen LogP contribution >= 0.6 is 0 Å². The fourth-order valence-corrected chi connectivity index (χ4v) is 0.884. The van der Waals surface area contributed by atoms with Crippen LogP contribution in [0.25, 0.3) is 0 Å². The van der Waals surface area contributed by atoms with Gasteiger partial charge in [0.25, 0.3) is 0 Å². The number of aliphatic carboxylic acids is 1. The van der Waals surface area contributed by atoms with E-state index in [2.05, 4.69) is 5.32 Å². The molecule has 0 rings (SSSR count). The summed E-state index contributed by atoms with van der Waals surface area (Å²) < 4.78 is 10.0. The number of methoxy groups -OCH3 is 2. The molecule has 5 heteroatoms. The maximum Gasteiger partial charge on any atom is 0.328 e. The van der Waals surface area contributed by atoms with Gasteiger partial charge in [-0.15, -0.1) is 0 Å². The van der Waals surface area contributed by atoms with Crippen LogP contribution < -0.4 is 5.32 Å². The Hall–Kier alpha value is -0.910. The first-order valence-corrected chi connectivity index (χ1v) is 4.32. The molecule has 0 aliphatic carbocycles. The van der Waals surface area contributed by atoms with E-state index in [4.69, 9.17) is 14.6 Å². The van der Waals surface area contributed by atoms with Crippen molar-refractivity contribution in [3.63, 3.8) is 0 Å². The van der Waals surface area contributed by atoms with E-state index in [9.17, 15) is 4.79 Å². The second-order valence-electron chi connectivity index (χ2n) is 2.71. The molecule has 0 spiro atoms. The number of carbonyl (C=O) groups is 1. The molecule has 5 nitrogen and oxygen atoms in total. The van der Waals surface area contributed by atoms with Crippen LogP contribution in [-0.4, -0.2) is 51.1 Å². The molecular formula is C9H17NO4. The highest BCUT2D eigenvalue weighted by Gasteiger charge is 2.04. The maximum absolute atomic E-state index is 10.1. The molecule has 0 saturated heterocycles. The quantitative estimate of drug-likeness (QED) is 0.425. The Kier molecular flexibility index (Phi) is 8.11. The lowest BCUT2D eigenvalue weighted by molar-refractivity contribution is -0.131. The minimum absolute atomic E-state index is 0.00164. The van der Waals surface area contributed by atoms with Crippen LogP contribution in [0.4, 0.5) is 0 Å². The molecule has 14 heavy (non-hydrogen) atoms. The molecule has 0 aromatic carbocycles. The van der Waals surface area contributed by atoms with Crippen LogP contribution in [0.1, 0.15) is 0 Å². The summed E-state index contributed by atoms with van der Waals surface area (Å²) in [5.41, 5.74) is 0. The van der Waals surface area contributed by atoms with Crippen LogP contribution in [0.2, 0.25) is 0 Å². The number of nitrogens with one attached hydrogen (secondary N) is 1. The minimum atomic E-state index is -0.938. The lowest BCUT2D eigenvalue weighted by Gasteiger charge is -2.13. The van der Waals surface area contributed by atoms with Crippen LogP contribution in [-0.2, 0) is 14.3 Å². The lowest BCUT2D eigenvalue weighted by Crippen LogP contribution is -2.31. The average Bonchev–Trinajstić information content (AvgIpc) is 2.15. The van der Waals surface area contributed by atoms with E-state index in [1.54, 1.807) is 20.3 Å². The SMILES string of the molecule is COCC(CNC/C=C/C(=O)O)OC. The molecule has 0 aromatic heterocycles. The molecule has 1 atom stereocenters. The van der Waals surface area contributed by atoms with E-state index in [1.165, 1.54) is 0 Å². The summed E-state index contributed by atoms with van der Waals surface area (Å²) in [6.45, 7) is 1.66. The Morgan fingerprint density at radius 2 is 2.29 bits per heavy atom. The molecule has 0 aliphatic rings. The number of hydrogen-bond acceptors (Lipinski definition) is 4. The Morgan fingerprint density at radius 3 is 2.79 bits per heavy atom. The average molecular weight is 203 g/mol. The van der Waals surface area contributed by atoms with Crippen molar-refractivity contribution < 1.29 is 19.4 Å². The first-order chi connectivity index (χ1) is 6.70. The van der Waals surface area contributed by atoms with Gasteiger partial charge in [-0.2, -0.15) is 0 Å².